The molecular formula is C15H23NO. The van der Waals surface area contributed by atoms with Crippen LogP contribution in [0.2, 0.25) is 0 Å². The molecule has 17 heavy (non-hydrogen) atoms. The summed E-state index contributed by atoms with van der Waals surface area (Å²) in [6.07, 6.45) is 2.45. The lowest BCUT2D eigenvalue weighted by Crippen LogP contribution is -2.20. The minimum atomic E-state index is 0.0960. The van der Waals surface area contributed by atoms with Crippen molar-refractivity contribution in [2.24, 2.45) is 11.1 Å². The smallest absolute Gasteiger partial charge is 0.123 e. The maximum atomic E-state index is 6.36. The van der Waals surface area contributed by atoms with E-state index in [1.54, 1.807) is 7.11 Å². The normalized spacial score (nSPS) is 19.2. The molecule has 2 rings (SSSR count). The van der Waals surface area contributed by atoms with Gasteiger partial charge in [0.25, 0.3) is 0 Å². The van der Waals surface area contributed by atoms with E-state index >= 15 is 0 Å². The van der Waals surface area contributed by atoms with Gasteiger partial charge in [0.05, 0.1) is 7.11 Å². The molecule has 2 nitrogen and oxygen atoms in total. The van der Waals surface area contributed by atoms with E-state index in [1.807, 2.05) is 0 Å². The number of hydrogen-bond donors (Lipinski definition) is 1. The van der Waals surface area contributed by atoms with Gasteiger partial charge in [-0.2, -0.15) is 0 Å². The van der Waals surface area contributed by atoms with Crippen LogP contribution in [0.3, 0.4) is 0 Å². The van der Waals surface area contributed by atoms with E-state index in [2.05, 4.69) is 39.0 Å². The highest BCUT2D eigenvalue weighted by atomic mass is 16.5. The quantitative estimate of drug-likeness (QED) is 0.862. The molecule has 1 unspecified atom stereocenters. The second-order valence-electron chi connectivity index (χ2n) is 5.79. The Labute approximate surface area is 104 Å². The van der Waals surface area contributed by atoms with E-state index in [9.17, 15) is 0 Å². The number of ether oxygens (including phenoxy) is 1. The molecule has 94 valence electrons. The predicted molar refractivity (Wildman–Crippen MR) is 71.4 cm³/mol. The fourth-order valence-electron chi connectivity index (χ4n) is 2.23. The van der Waals surface area contributed by atoms with Crippen molar-refractivity contribution in [1.82, 2.24) is 0 Å². The molecule has 1 aliphatic rings. The Hall–Kier alpha value is -1.02. The molecule has 0 saturated heterocycles. The van der Waals surface area contributed by atoms with Gasteiger partial charge in [-0.05, 0) is 35.8 Å². The first-order chi connectivity index (χ1) is 7.98. The van der Waals surface area contributed by atoms with Crippen molar-refractivity contribution in [3.8, 4) is 5.75 Å². The monoisotopic (exact) mass is 233 g/mol. The summed E-state index contributed by atoms with van der Waals surface area (Å²) in [6.45, 7) is 6.64. The zero-order chi connectivity index (χ0) is 12.6. The van der Waals surface area contributed by atoms with Crippen LogP contribution in [0, 0.1) is 5.41 Å². The van der Waals surface area contributed by atoms with Gasteiger partial charge in [-0.15, -0.1) is 0 Å². The molecule has 1 aromatic carbocycles. The van der Waals surface area contributed by atoms with Gasteiger partial charge in [-0.1, -0.05) is 32.9 Å². The largest absolute Gasteiger partial charge is 0.496 e. The minimum Gasteiger partial charge on any atom is -0.496 e. The zero-order valence-electron chi connectivity index (χ0n) is 11.3. The van der Waals surface area contributed by atoms with Crippen molar-refractivity contribution in [2.45, 2.75) is 45.6 Å². The lowest BCUT2D eigenvalue weighted by molar-refractivity contribution is 0.384. The summed E-state index contributed by atoms with van der Waals surface area (Å²) < 4.78 is 5.50. The van der Waals surface area contributed by atoms with Crippen molar-refractivity contribution >= 4 is 0 Å². The van der Waals surface area contributed by atoms with E-state index in [1.165, 1.54) is 18.4 Å². The lowest BCUT2D eigenvalue weighted by Gasteiger charge is -2.22. The van der Waals surface area contributed by atoms with Crippen LogP contribution in [0.5, 0.6) is 5.75 Å². The van der Waals surface area contributed by atoms with Crippen molar-refractivity contribution < 1.29 is 4.74 Å². The lowest BCUT2D eigenvalue weighted by atomic mass is 9.90. The minimum absolute atomic E-state index is 0.0960. The standard InChI is InChI=1S/C15H23NO/c1-10(2)11-5-6-12(13(9-11)17-4)14(16)15(3)7-8-15/h5-6,9-10,14H,7-8,16H2,1-4H3. The molecule has 1 aliphatic carbocycles. The molecule has 1 aromatic rings. The first-order valence-electron chi connectivity index (χ1n) is 6.41. The molecule has 0 aliphatic heterocycles. The van der Waals surface area contributed by atoms with Gasteiger partial charge in [0.2, 0.25) is 0 Å². The van der Waals surface area contributed by atoms with Gasteiger partial charge in [0.15, 0.2) is 0 Å². The van der Waals surface area contributed by atoms with Crippen LogP contribution in [0.15, 0.2) is 18.2 Å². The molecule has 2 heteroatoms. The van der Waals surface area contributed by atoms with Crippen molar-refractivity contribution in [2.75, 3.05) is 7.11 Å². The second kappa shape index (κ2) is 4.34. The fourth-order valence-corrected chi connectivity index (χ4v) is 2.23. The topological polar surface area (TPSA) is 35.2 Å². The van der Waals surface area contributed by atoms with E-state index < -0.39 is 0 Å². The molecule has 0 aromatic heterocycles. The molecule has 0 amide bonds. The Morgan fingerprint density at radius 3 is 2.41 bits per heavy atom. The number of benzene rings is 1. The number of methoxy groups -OCH3 is 1. The van der Waals surface area contributed by atoms with E-state index in [-0.39, 0.29) is 11.5 Å². The zero-order valence-corrected chi connectivity index (χ0v) is 11.3. The fraction of sp³-hybridized carbons (Fsp3) is 0.600. The summed E-state index contributed by atoms with van der Waals surface area (Å²) in [4.78, 5) is 0. The summed E-state index contributed by atoms with van der Waals surface area (Å²) >= 11 is 0. The number of nitrogens with two attached hydrogens (primary N) is 1. The Morgan fingerprint density at radius 2 is 1.94 bits per heavy atom. The Morgan fingerprint density at radius 1 is 1.29 bits per heavy atom. The molecular weight excluding hydrogens is 210 g/mol. The molecule has 1 fully saturated rings. The van der Waals surface area contributed by atoms with Crippen molar-refractivity contribution in [1.29, 1.82) is 0 Å². The third kappa shape index (κ3) is 2.32. The van der Waals surface area contributed by atoms with E-state index in [0.717, 1.165) is 11.3 Å². The number of hydrogen-bond acceptors (Lipinski definition) is 2. The first-order valence-corrected chi connectivity index (χ1v) is 6.41. The molecule has 0 spiro atoms. The van der Waals surface area contributed by atoms with Gasteiger partial charge in [0.1, 0.15) is 5.75 Å². The summed E-state index contributed by atoms with van der Waals surface area (Å²) in [6, 6.07) is 6.54. The number of rotatable bonds is 4. The van der Waals surface area contributed by atoms with Crippen LogP contribution in [0.1, 0.15) is 56.7 Å². The maximum absolute atomic E-state index is 6.36. The van der Waals surface area contributed by atoms with Gasteiger partial charge >= 0.3 is 0 Å². The van der Waals surface area contributed by atoms with Gasteiger partial charge in [-0.25, -0.2) is 0 Å². The SMILES string of the molecule is COc1cc(C(C)C)ccc1C(N)C1(C)CC1. The van der Waals surface area contributed by atoms with Crippen LogP contribution in [-0.2, 0) is 0 Å². The average molecular weight is 233 g/mol. The van der Waals surface area contributed by atoms with E-state index in [0.29, 0.717) is 5.92 Å². The predicted octanol–water partition coefficient (Wildman–Crippen LogP) is 3.62. The molecule has 1 saturated carbocycles. The summed E-state index contributed by atoms with van der Waals surface area (Å²) in [7, 11) is 1.73. The Balaban J connectivity index is 2.34. The second-order valence-corrected chi connectivity index (χ2v) is 5.79. The van der Waals surface area contributed by atoms with Gasteiger partial charge in [-0.3, -0.25) is 0 Å². The van der Waals surface area contributed by atoms with Crippen LogP contribution in [0.25, 0.3) is 0 Å². The van der Waals surface area contributed by atoms with Crippen molar-refractivity contribution in [3.63, 3.8) is 0 Å². The average Bonchev–Trinajstić information content (AvgIpc) is 3.06. The highest BCUT2D eigenvalue weighted by molar-refractivity contribution is 5.42. The highest BCUT2D eigenvalue weighted by Crippen LogP contribution is 2.54. The molecule has 2 N–H and O–H groups in total. The molecule has 0 radical (unpaired) electrons. The molecule has 0 heterocycles. The summed E-state index contributed by atoms with van der Waals surface area (Å²) in [5.41, 5.74) is 9.10. The van der Waals surface area contributed by atoms with Crippen LogP contribution in [0.4, 0.5) is 0 Å². The van der Waals surface area contributed by atoms with E-state index in [4.69, 9.17) is 10.5 Å². The maximum Gasteiger partial charge on any atom is 0.123 e. The first kappa shape index (κ1) is 12.4. The molecule has 1 atom stereocenters. The van der Waals surface area contributed by atoms with Gasteiger partial charge < -0.3 is 10.5 Å². The summed E-state index contributed by atoms with van der Waals surface area (Å²) in [5.74, 6) is 1.46. The van der Waals surface area contributed by atoms with Gasteiger partial charge in [0, 0.05) is 11.6 Å². The van der Waals surface area contributed by atoms with Crippen molar-refractivity contribution in [3.05, 3.63) is 29.3 Å². The Bertz CT molecular complexity index is 407. The third-order valence-corrected chi connectivity index (χ3v) is 4.05. The van der Waals surface area contributed by atoms with Crippen LogP contribution >= 0.6 is 0 Å². The molecule has 0 bridgehead atoms. The Kier molecular flexibility index (Phi) is 3.17. The highest BCUT2D eigenvalue weighted by Gasteiger charge is 2.44. The van der Waals surface area contributed by atoms with Crippen LogP contribution in [-0.4, -0.2) is 7.11 Å². The third-order valence-electron chi connectivity index (χ3n) is 4.05. The summed E-state index contributed by atoms with van der Waals surface area (Å²) in [5, 5.41) is 0. The van der Waals surface area contributed by atoms with Crippen LogP contribution < -0.4 is 10.5 Å².